The number of methoxy groups -OCH3 is 3. The first-order valence-electron chi connectivity index (χ1n) is 28.6. The highest BCUT2D eigenvalue weighted by Crippen LogP contribution is 2.33. The lowest BCUT2D eigenvalue weighted by Crippen LogP contribution is -2.04. The van der Waals surface area contributed by atoms with Crippen LogP contribution >= 0.6 is 15.9 Å². The van der Waals surface area contributed by atoms with Gasteiger partial charge in [0.2, 0.25) is 17.8 Å². The lowest BCUT2D eigenvalue weighted by molar-refractivity contribution is 0.0980. The Balaban J connectivity index is 0.000000190. The van der Waals surface area contributed by atoms with Gasteiger partial charge in [0.15, 0.2) is 17.3 Å². The minimum atomic E-state index is -0.0161. The molecule has 0 fully saturated rings. The maximum Gasteiger partial charge on any atom is 0.227 e. The summed E-state index contributed by atoms with van der Waals surface area (Å²) in [5.74, 6) is 2.93. The van der Waals surface area contributed by atoms with Crippen LogP contribution in [-0.4, -0.2) is 97.9 Å². The van der Waals surface area contributed by atoms with E-state index < -0.39 is 0 Å². The zero-order valence-electron chi connectivity index (χ0n) is 50.9. The normalized spacial score (nSPS) is 10.7. The van der Waals surface area contributed by atoms with Crippen LogP contribution in [-0.2, 0) is 32.5 Å². The Morgan fingerprint density at radius 3 is 1.24 bits per heavy atom. The van der Waals surface area contributed by atoms with E-state index in [0.29, 0.717) is 101 Å². The van der Waals surface area contributed by atoms with E-state index >= 15 is 0 Å². The third kappa shape index (κ3) is 18.2. The van der Waals surface area contributed by atoms with Gasteiger partial charge in [0.1, 0.15) is 35.0 Å². The second-order valence-electron chi connectivity index (χ2n) is 19.4. The summed E-state index contributed by atoms with van der Waals surface area (Å²) in [4.78, 5) is 62.3. The van der Waals surface area contributed by atoms with E-state index in [4.69, 9.17) is 14.2 Å². The minimum absolute atomic E-state index is 0.0161. The van der Waals surface area contributed by atoms with Gasteiger partial charge < -0.3 is 30.2 Å². The molecule has 0 bridgehead atoms. The standard InChI is InChI=1S/C22H24N6O2.C22H22N6O2.C21H22BrN5O2/c2*1-4-20(29)17-8-16(19(10-23)21(9-17)30-3)7-6-15-11-24-22(25-12-15)27-18-13-26-28(5-2)14-18;1-4-18(28)16-8-15(20(22)19(9-16)29-3)7-6-14-10-23-21(24-11-14)26-17-12-25-27(5-2)13-17/h8-9,11-14H,4-7H2,1-3H3,(H,24,25,27);6-9,11-14H,4-5H2,1-3H3,(H,24,25,27);6-13H,4-5H2,1-3H3,(H,23,24,26)/b;2*7-6+. The highest BCUT2D eigenvalue weighted by molar-refractivity contribution is 9.10. The molecule has 0 unspecified atom stereocenters. The molecule has 0 saturated heterocycles. The third-order valence-electron chi connectivity index (χ3n) is 13.5. The largest absolute Gasteiger partial charge is 0.496 e. The number of carbonyl (C=O) groups is 3. The molecule has 6 aromatic heterocycles. The summed E-state index contributed by atoms with van der Waals surface area (Å²) < 4.78 is 22.2. The smallest absolute Gasteiger partial charge is 0.227 e. The van der Waals surface area contributed by atoms with Crippen LogP contribution in [0.1, 0.15) is 136 Å². The molecule has 89 heavy (non-hydrogen) atoms. The first-order valence-corrected chi connectivity index (χ1v) is 29.4. The van der Waals surface area contributed by atoms with E-state index in [2.05, 4.69) is 89.2 Å². The van der Waals surface area contributed by atoms with Gasteiger partial charge in [-0.05, 0) is 108 Å². The van der Waals surface area contributed by atoms with Gasteiger partial charge >= 0.3 is 0 Å². The van der Waals surface area contributed by atoms with Crippen molar-refractivity contribution in [2.24, 2.45) is 0 Å². The van der Waals surface area contributed by atoms with Gasteiger partial charge in [-0.2, -0.15) is 25.8 Å². The van der Waals surface area contributed by atoms with Crippen LogP contribution in [0.3, 0.4) is 0 Å². The Hall–Kier alpha value is -10.7. The van der Waals surface area contributed by atoms with Gasteiger partial charge in [-0.25, -0.2) is 29.9 Å². The molecule has 3 N–H and O–H groups in total. The van der Waals surface area contributed by atoms with Crippen molar-refractivity contribution in [3.8, 4) is 29.4 Å². The summed E-state index contributed by atoms with van der Waals surface area (Å²) in [6, 6.07) is 14.7. The van der Waals surface area contributed by atoms with E-state index in [0.717, 1.165) is 69.0 Å². The number of Topliss-reactive ketones (excluding diaryl/α,β-unsaturated/α-hetero) is 3. The van der Waals surface area contributed by atoms with E-state index in [-0.39, 0.29) is 17.3 Å². The molecule has 0 radical (unpaired) electrons. The lowest BCUT2D eigenvalue weighted by Gasteiger charge is -2.11. The molecule has 24 heteroatoms. The van der Waals surface area contributed by atoms with Gasteiger partial charge in [-0.1, -0.05) is 45.1 Å². The topological polar surface area (TPSA) is 293 Å². The van der Waals surface area contributed by atoms with Crippen LogP contribution in [0.5, 0.6) is 17.2 Å². The molecular weight excluding hydrogens is 1190 g/mol. The Morgan fingerprint density at radius 1 is 0.483 bits per heavy atom. The van der Waals surface area contributed by atoms with Crippen molar-refractivity contribution in [3.63, 3.8) is 0 Å². The van der Waals surface area contributed by atoms with Crippen molar-refractivity contribution in [2.45, 2.75) is 93.3 Å². The SMILES string of the molecule is CCC(=O)c1cc(/C=C/c2cnc(Nc3cnn(CC)c3)nc2)c(Br)c(OC)c1.CCC(=O)c1cc(/C=C/c2cnc(Nc3cnn(CC)c3)nc2)c(C#N)c(OC)c1.CCC(=O)c1cc(CCc2cnc(Nc3cnn(CC)c3)nc2)c(C#N)c(OC)c1. The minimum Gasteiger partial charge on any atom is -0.496 e. The summed E-state index contributed by atoms with van der Waals surface area (Å²) >= 11 is 3.54. The summed E-state index contributed by atoms with van der Waals surface area (Å²) in [6.07, 6.45) is 30.9. The molecule has 9 aromatic rings. The molecule has 0 saturated carbocycles. The van der Waals surface area contributed by atoms with Gasteiger partial charge in [0.05, 0.1) is 67.0 Å². The first-order chi connectivity index (χ1) is 43.2. The number of halogens is 1. The van der Waals surface area contributed by atoms with Gasteiger partial charge in [0.25, 0.3) is 0 Å². The monoisotopic (exact) mass is 1260 g/mol. The Bertz CT molecular complexity index is 4030. The number of carbonyl (C=O) groups excluding carboxylic acids is 3. The number of rotatable bonds is 25. The number of nitriles is 2. The van der Waals surface area contributed by atoms with E-state index in [9.17, 15) is 24.9 Å². The number of nitrogens with zero attached hydrogens (tertiary/aromatic N) is 14. The quantitative estimate of drug-likeness (QED) is 0.0448. The molecule has 0 aliphatic heterocycles. The molecule has 23 nitrogen and oxygen atoms in total. The molecule has 0 atom stereocenters. The second kappa shape index (κ2) is 32.7. The summed E-state index contributed by atoms with van der Waals surface area (Å²) in [5.41, 5.74) is 9.72. The molecule has 0 spiro atoms. The molecule has 0 aliphatic rings. The van der Waals surface area contributed by atoms with Crippen molar-refractivity contribution in [3.05, 3.63) is 176 Å². The average molecular weight is 1260 g/mol. The second-order valence-corrected chi connectivity index (χ2v) is 20.2. The average Bonchev–Trinajstić information content (AvgIpc) is 4.36. The lowest BCUT2D eigenvalue weighted by atomic mass is 9.96. The number of ether oxygens (including phenoxy) is 3. The Labute approximate surface area is 524 Å². The van der Waals surface area contributed by atoms with Gasteiger partial charge in [0, 0.05) is 122 Å². The van der Waals surface area contributed by atoms with Crippen LogP contribution in [0.25, 0.3) is 24.3 Å². The molecular formula is C65H68BrN17O6. The van der Waals surface area contributed by atoms with Crippen LogP contribution in [0.4, 0.5) is 34.9 Å². The number of anilines is 6. The fourth-order valence-corrected chi connectivity index (χ4v) is 9.08. The van der Waals surface area contributed by atoms with Crippen LogP contribution in [0, 0.1) is 22.7 Å². The Morgan fingerprint density at radius 2 is 0.854 bits per heavy atom. The number of ketones is 3. The first kappa shape index (κ1) is 65.8. The fourth-order valence-electron chi connectivity index (χ4n) is 8.56. The van der Waals surface area contributed by atoms with Crippen molar-refractivity contribution in [1.29, 1.82) is 10.5 Å². The predicted molar refractivity (Wildman–Crippen MR) is 345 cm³/mol. The number of hydrogen-bond donors (Lipinski definition) is 3. The number of benzene rings is 3. The van der Waals surface area contributed by atoms with Gasteiger partial charge in [-0.15, -0.1) is 0 Å². The Kier molecular flexibility index (Phi) is 24.2. The molecule has 3 aromatic carbocycles. The summed E-state index contributed by atoms with van der Waals surface area (Å²) in [7, 11) is 4.56. The van der Waals surface area contributed by atoms with E-state index in [1.54, 1.807) is 117 Å². The van der Waals surface area contributed by atoms with Crippen LogP contribution in [0.2, 0.25) is 0 Å². The molecule has 6 heterocycles. The molecule has 0 aliphatic carbocycles. The fraction of sp³-hybridized carbons (Fsp3) is 0.262. The third-order valence-corrected chi connectivity index (χ3v) is 14.3. The number of aryl methyl sites for hydroxylation is 5. The number of nitrogens with one attached hydrogen (secondary N) is 3. The number of hydrogen-bond acceptors (Lipinski definition) is 20. The van der Waals surface area contributed by atoms with Crippen molar-refractivity contribution < 1.29 is 28.6 Å². The maximum absolute atomic E-state index is 12.1. The summed E-state index contributed by atoms with van der Waals surface area (Å²) in [6.45, 7) is 13.9. The van der Waals surface area contributed by atoms with E-state index in [1.807, 2.05) is 80.8 Å². The van der Waals surface area contributed by atoms with Crippen LogP contribution in [0.15, 0.2) is 115 Å². The van der Waals surface area contributed by atoms with Crippen molar-refractivity contribution in [2.75, 3.05) is 37.3 Å². The predicted octanol–water partition coefficient (Wildman–Crippen LogP) is 12.7. The number of aromatic nitrogens is 12. The molecule has 0 amide bonds. The molecule has 9 rings (SSSR count). The molecule has 456 valence electrons. The highest BCUT2D eigenvalue weighted by Gasteiger charge is 2.17. The van der Waals surface area contributed by atoms with Crippen molar-refractivity contribution in [1.82, 2.24) is 59.2 Å². The summed E-state index contributed by atoms with van der Waals surface area (Å²) in [5, 5.41) is 41.0. The highest BCUT2D eigenvalue weighted by atomic mass is 79.9. The van der Waals surface area contributed by atoms with E-state index in [1.165, 1.54) is 14.2 Å². The van der Waals surface area contributed by atoms with Gasteiger partial charge in [-0.3, -0.25) is 28.4 Å². The maximum atomic E-state index is 12.1. The van der Waals surface area contributed by atoms with Crippen LogP contribution < -0.4 is 30.2 Å². The zero-order chi connectivity index (χ0) is 63.8. The zero-order valence-corrected chi connectivity index (χ0v) is 52.5. The van der Waals surface area contributed by atoms with Crippen molar-refractivity contribution >= 4 is 92.5 Å².